The van der Waals surface area contributed by atoms with Gasteiger partial charge in [0.1, 0.15) is 24.2 Å². The van der Waals surface area contributed by atoms with Gasteiger partial charge in [0, 0.05) is 0 Å². The van der Waals surface area contributed by atoms with Gasteiger partial charge in [-0.05, 0) is 45.6 Å². The van der Waals surface area contributed by atoms with Crippen LogP contribution in [0.25, 0.3) is 0 Å². The Balaban J connectivity index is 5.30. The number of unbranched alkanes of at least 4 members (excludes halogenated alkanes) is 1. The summed E-state index contributed by atoms with van der Waals surface area (Å²) in [6.45, 7) is 6.26. The van der Waals surface area contributed by atoms with Crippen molar-refractivity contribution in [3.63, 3.8) is 0 Å². The second-order valence-corrected chi connectivity index (χ2v) is 7.91. The number of carboxylic acids is 1. The lowest BCUT2D eigenvalue weighted by atomic mass is 10.0. The quantitative estimate of drug-likeness (QED) is 0.131. The van der Waals surface area contributed by atoms with E-state index in [1.165, 1.54) is 13.8 Å². The monoisotopic (exact) mass is 447 g/mol. The topological polar surface area (TPSA) is 217 Å². The third-order valence-corrected chi connectivity index (χ3v) is 4.69. The van der Waals surface area contributed by atoms with Crippen LogP contribution in [0.1, 0.15) is 47.0 Å². The van der Waals surface area contributed by atoms with Gasteiger partial charge < -0.3 is 42.7 Å². The van der Waals surface area contributed by atoms with Crippen molar-refractivity contribution in [2.45, 2.75) is 83.3 Å². The number of hydrogen-bond acceptors (Lipinski definition) is 8. The molecule has 0 aromatic rings. The number of nitrogens with one attached hydrogen (secondary N) is 3. The number of carboxylic acid groups (broad SMARTS) is 1. The van der Waals surface area contributed by atoms with Crippen LogP contribution in [0.5, 0.6) is 0 Å². The lowest BCUT2D eigenvalue weighted by Gasteiger charge is -2.28. The lowest BCUT2D eigenvalue weighted by molar-refractivity contribution is -0.143. The standard InChI is InChI=1S/C19H37N5O7/c1-9(2)14(17(28)22-12(19(30)31)7-5-6-8-20)23-18(29)15(11(4)26)24-16(27)13(21)10(3)25/h9-15,25-26H,5-8,20-21H2,1-4H3,(H,22,28)(H,23,29)(H,24,27)(H,30,31). The maximum Gasteiger partial charge on any atom is 0.326 e. The Hall–Kier alpha value is -2.28. The van der Waals surface area contributed by atoms with Crippen LogP contribution in [-0.2, 0) is 19.2 Å². The van der Waals surface area contributed by atoms with Crippen LogP contribution in [0.15, 0.2) is 0 Å². The predicted octanol–water partition coefficient (Wildman–Crippen LogP) is -2.60. The zero-order chi connectivity index (χ0) is 24.3. The van der Waals surface area contributed by atoms with Crippen molar-refractivity contribution in [2.75, 3.05) is 6.54 Å². The molecular formula is C19H37N5O7. The molecule has 0 saturated heterocycles. The molecule has 0 aromatic carbocycles. The van der Waals surface area contributed by atoms with Gasteiger partial charge in [-0.15, -0.1) is 0 Å². The van der Waals surface area contributed by atoms with E-state index >= 15 is 0 Å². The first kappa shape index (κ1) is 28.7. The van der Waals surface area contributed by atoms with Crippen LogP contribution in [0.2, 0.25) is 0 Å². The molecule has 6 atom stereocenters. The summed E-state index contributed by atoms with van der Waals surface area (Å²) in [6, 6.07) is -5.02. The Morgan fingerprint density at radius 3 is 1.74 bits per heavy atom. The Morgan fingerprint density at radius 2 is 1.32 bits per heavy atom. The highest BCUT2D eigenvalue weighted by Crippen LogP contribution is 2.07. The van der Waals surface area contributed by atoms with E-state index in [1.54, 1.807) is 13.8 Å². The van der Waals surface area contributed by atoms with Crippen molar-refractivity contribution in [1.82, 2.24) is 16.0 Å². The summed E-state index contributed by atoms with van der Waals surface area (Å²) in [7, 11) is 0. The zero-order valence-electron chi connectivity index (χ0n) is 18.5. The number of carbonyl (C=O) groups excluding carboxylic acids is 3. The van der Waals surface area contributed by atoms with Crippen molar-refractivity contribution < 1.29 is 34.5 Å². The first-order valence-corrected chi connectivity index (χ1v) is 10.3. The molecule has 12 nitrogen and oxygen atoms in total. The molecule has 6 unspecified atom stereocenters. The summed E-state index contributed by atoms with van der Waals surface area (Å²) in [5.41, 5.74) is 10.9. The molecule has 12 heteroatoms. The Kier molecular flexibility index (Phi) is 12.9. The van der Waals surface area contributed by atoms with E-state index in [4.69, 9.17) is 11.5 Å². The first-order valence-electron chi connectivity index (χ1n) is 10.3. The molecule has 0 radical (unpaired) electrons. The van der Waals surface area contributed by atoms with Gasteiger partial charge in [-0.3, -0.25) is 14.4 Å². The minimum Gasteiger partial charge on any atom is -0.480 e. The van der Waals surface area contributed by atoms with Gasteiger partial charge in [-0.1, -0.05) is 13.8 Å². The van der Waals surface area contributed by atoms with Crippen LogP contribution < -0.4 is 27.4 Å². The number of amides is 3. The van der Waals surface area contributed by atoms with E-state index in [9.17, 15) is 34.5 Å². The van der Waals surface area contributed by atoms with Gasteiger partial charge in [-0.25, -0.2) is 4.79 Å². The van der Waals surface area contributed by atoms with E-state index in [2.05, 4.69) is 16.0 Å². The molecule has 0 aliphatic carbocycles. The third kappa shape index (κ3) is 10.0. The second kappa shape index (κ2) is 13.9. The van der Waals surface area contributed by atoms with Crippen molar-refractivity contribution in [3.05, 3.63) is 0 Å². The molecule has 0 aliphatic heterocycles. The Bertz CT molecular complexity index is 612. The molecule has 0 spiro atoms. The fourth-order valence-corrected chi connectivity index (χ4v) is 2.66. The molecule has 0 aromatic heterocycles. The Morgan fingerprint density at radius 1 is 0.806 bits per heavy atom. The summed E-state index contributed by atoms with van der Waals surface area (Å²) in [4.78, 5) is 48.8. The molecule has 0 aliphatic rings. The molecule has 0 bridgehead atoms. The molecule has 180 valence electrons. The van der Waals surface area contributed by atoms with E-state index in [0.29, 0.717) is 19.4 Å². The normalized spacial score (nSPS) is 17.1. The molecule has 31 heavy (non-hydrogen) atoms. The summed E-state index contributed by atoms with van der Waals surface area (Å²) >= 11 is 0. The van der Waals surface area contributed by atoms with Crippen LogP contribution in [0.4, 0.5) is 0 Å². The summed E-state index contributed by atoms with van der Waals surface area (Å²) < 4.78 is 0. The van der Waals surface area contributed by atoms with Crippen LogP contribution in [0.3, 0.4) is 0 Å². The van der Waals surface area contributed by atoms with E-state index in [0.717, 1.165) is 0 Å². The van der Waals surface area contributed by atoms with Gasteiger partial charge in [-0.2, -0.15) is 0 Å². The van der Waals surface area contributed by atoms with E-state index in [-0.39, 0.29) is 6.42 Å². The number of aliphatic hydroxyl groups excluding tert-OH is 2. The number of hydrogen-bond donors (Lipinski definition) is 8. The smallest absolute Gasteiger partial charge is 0.326 e. The molecule has 3 amide bonds. The summed E-state index contributed by atoms with van der Waals surface area (Å²) in [6.07, 6.45) is -1.22. The van der Waals surface area contributed by atoms with Crippen LogP contribution in [0, 0.1) is 5.92 Å². The number of carbonyl (C=O) groups is 4. The van der Waals surface area contributed by atoms with Crippen molar-refractivity contribution in [2.24, 2.45) is 17.4 Å². The first-order chi connectivity index (χ1) is 14.3. The largest absolute Gasteiger partial charge is 0.480 e. The Labute approximate surface area is 182 Å². The fraction of sp³-hybridized carbons (Fsp3) is 0.789. The van der Waals surface area contributed by atoms with Gasteiger partial charge in [0.15, 0.2) is 0 Å². The minimum absolute atomic E-state index is 0.181. The lowest BCUT2D eigenvalue weighted by Crippen LogP contribution is -2.61. The van der Waals surface area contributed by atoms with Gasteiger partial charge in [0.2, 0.25) is 17.7 Å². The van der Waals surface area contributed by atoms with Crippen molar-refractivity contribution >= 4 is 23.7 Å². The fourth-order valence-electron chi connectivity index (χ4n) is 2.66. The molecule has 0 rings (SSSR count). The maximum absolute atomic E-state index is 12.7. The van der Waals surface area contributed by atoms with Gasteiger partial charge in [0.05, 0.1) is 12.2 Å². The molecule has 0 fully saturated rings. The predicted molar refractivity (Wildman–Crippen MR) is 113 cm³/mol. The average Bonchev–Trinajstić information content (AvgIpc) is 2.67. The molecule has 0 saturated carbocycles. The third-order valence-electron chi connectivity index (χ3n) is 4.69. The van der Waals surface area contributed by atoms with Gasteiger partial charge in [0.25, 0.3) is 0 Å². The summed E-state index contributed by atoms with van der Waals surface area (Å²) in [5, 5.41) is 35.8. The highest BCUT2D eigenvalue weighted by atomic mass is 16.4. The SMILES string of the molecule is CC(C)C(NC(=O)C(NC(=O)C(N)C(C)O)C(C)O)C(=O)NC(CCCCN)C(=O)O. The zero-order valence-corrected chi connectivity index (χ0v) is 18.5. The highest BCUT2D eigenvalue weighted by Gasteiger charge is 2.34. The molecule has 0 heterocycles. The number of rotatable bonds is 14. The second-order valence-electron chi connectivity index (χ2n) is 7.91. The number of aliphatic hydroxyl groups is 2. The number of aliphatic carboxylic acids is 1. The summed E-state index contributed by atoms with van der Waals surface area (Å²) in [5.74, 6) is -4.05. The molecular weight excluding hydrogens is 410 g/mol. The maximum atomic E-state index is 12.7. The van der Waals surface area contributed by atoms with Crippen molar-refractivity contribution in [1.29, 1.82) is 0 Å². The van der Waals surface area contributed by atoms with E-state index < -0.39 is 66.0 Å². The van der Waals surface area contributed by atoms with Crippen LogP contribution in [-0.4, -0.2) is 81.9 Å². The van der Waals surface area contributed by atoms with Crippen molar-refractivity contribution in [3.8, 4) is 0 Å². The van der Waals surface area contributed by atoms with Crippen LogP contribution >= 0.6 is 0 Å². The highest BCUT2D eigenvalue weighted by molar-refractivity contribution is 5.94. The molecule has 10 N–H and O–H groups in total. The van der Waals surface area contributed by atoms with Gasteiger partial charge >= 0.3 is 5.97 Å². The van der Waals surface area contributed by atoms with E-state index in [1.807, 2.05) is 0 Å². The average molecular weight is 448 g/mol. The minimum atomic E-state index is -1.44. The number of nitrogens with two attached hydrogens (primary N) is 2.